The molecule has 2 heterocycles. The highest BCUT2D eigenvalue weighted by atomic mass is 15.3. The Balaban J connectivity index is 1.82. The molecule has 0 saturated carbocycles. The number of nitrogens with zero attached hydrogens (tertiary/aromatic N) is 4. The van der Waals surface area contributed by atoms with Gasteiger partial charge in [-0.2, -0.15) is 15.1 Å². The van der Waals surface area contributed by atoms with Gasteiger partial charge in [-0.1, -0.05) is 18.2 Å². The molecule has 5 N–H and O–H groups in total. The first kappa shape index (κ1) is 12.9. The lowest BCUT2D eigenvalue weighted by molar-refractivity contribution is 0.863. The minimum absolute atomic E-state index is 0.151. The maximum Gasteiger partial charge on any atom is 0.223 e. The van der Waals surface area contributed by atoms with Crippen molar-refractivity contribution in [2.24, 2.45) is 0 Å². The molecule has 0 spiro atoms. The summed E-state index contributed by atoms with van der Waals surface area (Å²) in [6.07, 6.45) is 3.65. The van der Waals surface area contributed by atoms with Gasteiger partial charge in [0, 0.05) is 25.0 Å². The molecule has 1 aromatic carbocycles. The van der Waals surface area contributed by atoms with Crippen LogP contribution in [0.1, 0.15) is 5.56 Å². The largest absolute Gasteiger partial charge is 0.383 e. The molecule has 7 nitrogen and oxygen atoms in total. The fourth-order valence-corrected chi connectivity index (χ4v) is 2.06. The van der Waals surface area contributed by atoms with Gasteiger partial charge in [-0.25, -0.2) is 4.68 Å². The van der Waals surface area contributed by atoms with Crippen LogP contribution in [0.25, 0.3) is 5.69 Å². The Hall–Kier alpha value is -3.09. The highest BCUT2D eigenvalue weighted by Gasteiger charge is 2.05. The Labute approximate surface area is 121 Å². The van der Waals surface area contributed by atoms with Crippen LogP contribution in [0.5, 0.6) is 0 Å². The van der Waals surface area contributed by atoms with Crippen molar-refractivity contribution in [3.05, 3.63) is 54.4 Å². The Bertz CT molecular complexity index is 717. The molecule has 0 aliphatic rings. The summed E-state index contributed by atoms with van der Waals surface area (Å²) in [5, 5.41) is 7.45. The van der Waals surface area contributed by atoms with Crippen LogP contribution < -0.4 is 16.8 Å². The molecule has 21 heavy (non-hydrogen) atoms. The minimum atomic E-state index is 0.151. The highest BCUT2D eigenvalue weighted by molar-refractivity contribution is 5.50. The van der Waals surface area contributed by atoms with Crippen molar-refractivity contribution in [1.82, 2.24) is 19.7 Å². The van der Waals surface area contributed by atoms with Gasteiger partial charge in [0.15, 0.2) is 0 Å². The Morgan fingerprint density at radius 1 is 1.10 bits per heavy atom. The second-order valence-electron chi connectivity index (χ2n) is 4.47. The molecule has 0 aliphatic carbocycles. The standard InChI is InChI=1S/C14H15N7/c15-12-8-13(20-14(16)19-12)17-9-10-4-1-2-5-11(10)21-7-3-6-18-21/h1-8H,9H2,(H5,15,16,17,19,20). The Morgan fingerprint density at radius 3 is 2.71 bits per heavy atom. The summed E-state index contributed by atoms with van der Waals surface area (Å²) < 4.78 is 1.82. The van der Waals surface area contributed by atoms with Crippen LogP contribution in [-0.4, -0.2) is 19.7 Å². The second-order valence-corrected chi connectivity index (χ2v) is 4.47. The zero-order valence-corrected chi connectivity index (χ0v) is 11.3. The predicted octanol–water partition coefficient (Wildman–Crippen LogP) is 1.44. The van der Waals surface area contributed by atoms with Crippen molar-refractivity contribution >= 4 is 17.6 Å². The second kappa shape index (κ2) is 5.49. The third kappa shape index (κ3) is 2.92. The molecule has 0 radical (unpaired) electrons. The summed E-state index contributed by atoms with van der Waals surface area (Å²) in [5.41, 5.74) is 13.3. The molecule has 0 unspecified atom stereocenters. The van der Waals surface area contributed by atoms with E-state index in [4.69, 9.17) is 11.5 Å². The molecule has 106 valence electrons. The van der Waals surface area contributed by atoms with Crippen molar-refractivity contribution in [3.8, 4) is 5.69 Å². The summed E-state index contributed by atoms with van der Waals surface area (Å²) >= 11 is 0. The summed E-state index contributed by atoms with van der Waals surface area (Å²) in [6.45, 7) is 0.575. The lowest BCUT2D eigenvalue weighted by Gasteiger charge is -2.11. The van der Waals surface area contributed by atoms with E-state index >= 15 is 0 Å². The predicted molar refractivity (Wildman–Crippen MR) is 81.7 cm³/mol. The van der Waals surface area contributed by atoms with Crippen LogP contribution in [0.15, 0.2) is 48.8 Å². The number of rotatable bonds is 4. The number of hydrogen-bond acceptors (Lipinski definition) is 6. The van der Waals surface area contributed by atoms with E-state index in [2.05, 4.69) is 20.4 Å². The van der Waals surface area contributed by atoms with E-state index in [1.807, 2.05) is 41.2 Å². The monoisotopic (exact) mass is 281 g/mol. The first-order valence-electron chi connectivity index (χ1n) is 6.44. The topological polar surface area (TPSA) is 108 Å². The fourth-order valence-electron chi connectivity index (χ4n) is 2.06. The van der Waals surface area contributed by atoms with Gasteiger partial charge < -0.3 is 16.8 Å². The zero-order valence-electron chi connectivity index (χ0n) is 11.3. The van der Waals surface area contributed by atoms with Gasteiger partial charge in [-0.15, -0.1) is 0 Å². The number of anilines is 3. The summed E-state index contributed by atoms with van der Waals surface area (Å²) in [4.78, 5) is 7.93. The van der Waals surface area contributed by atoms with Gasteiger partial charge in [0.1, 0.15) is 11.6 Å². The van der Waals surface area contributed by atoms with E-state index in [9.17, 15) is 0 Å². The molecule has 0 saturated heterocycles. The van der Waals surface area contributed by atoms with Crippen LogP contribution in [-0.2, 0) is 6.54 Å². The molecule has 0 amide bonds. The quantitative estimate of drug-likeness (QED) is 0.668. The van der Waals surface area contributed by atoms with Crippen molar-refractivity contribution in [2.75, 3.05) is 16.8 Å². The molecular formula is C14H15N7. The number of benzene rings is 1. The first-order valence-corrected chi connectivity index (χ1v) is 6.44. The average Bonchev–Trinajstić information content (AvgIpc) is 2.98. The molecule has 3 rings (SSSR count). The van der Waals surface area contributed by atoms with E-state index in [1.165, 1.54) is 0 Å². The molecule has 3 aromatic rings. The van der Waals surface area contributed by atoms with Crippen LogP contribution in [0, 0.1) is 0 Å². The summed E-state index contributed by atoms with van der Waals surface area (Å²) in [5.74, 6) is 1.08. The van der Waals surface area contributed by atoms with Gasteiger partial charge in [0.2, 0.25) is 5.95 Å². The van der Waals surface area contributed by atoms with Crippen molar-refractivity contribution in [1.29, 1.82) is 0 Å². The Morgan fingerprint density at radius 2 is 1.95 bits per heavy atom. The molecule has 2 aromatic heterocycles. The van der Waals surface area contributed by atoms with E-state index in [0.717, 1.165) is 11.3 Å². The number of nitrogen functional groups attached to an aromatic ring is 2. The number of hydrogen-bond donors (Lipinski definition) is 3. The van der Waals surface area contributed by atoms with Crippen molar-refractivity contribution < 1.29 is 0 Å². The van der Waals surface area contributed by atoms with E-state index in [0.29, 0.717) is 18.2 Å². The SMILES string of the molecule is Nc1cc(NCc2ccccc2-n2cccn2)nc(N)n1. The number of para-hydroxylation sites is 1. The smallest absolute Gasteiger partial charge is 0.223 e. The number of aromatic nitrogens is 4. The number of nitrogens with two attached hydrogens (primary N) is 2. The normalized spacial score (nSPS) is 10.5. The van der Waals surface area contributed by atoms with Gasteiger partial charge in [-0.05, 0) is 17.7 Å². The van der Waals surface area contributed by atoms with E-state index in [1.54, 1.807) is 12.3 Å². The van der Waals surface area contributed by atoms with E-state index < -0.39 is 0 Å². The lowest BCUT2D eigenvalue weighted by atomic mass is 10.2. The lowest BCUT2D eigenvalue weighted by Crippen LogP contribution is -2.08. The molecular weight excluding hydrogens is 266 g/mol. The van der Waals surface area contributed by atoms with Crippen LogP contribution in [0.2, 0.25) is 0 Å². The van der Waals surface area contributed by atoms with Crippen LogP contribution >= 0.6 is 0 Å². The minimum Gasteiger partial charge on any atom is -0.383 e. The molecule has 0 bridgehead atoms. The third-order valence-electron chi connectivity index (χ3n) is 2.97. The van der Waals surface area contributed by atoms with Gasteiger partial charge in [0.25, 0.3) is 0 Å². The first-order chi connectivity index (χ1) is 10.2. The van der Waals surface area contributed by atoms with Gasteiger partial charge in [0.05, 0.1) is 5.69 Å². The van der Waals surface area contributed by atoms with E-state index in [-0.39, 0.29) is 5.95 Å². The van der Waals surface area contributed by atoms with Crippen molar-refractivity contribution in [3.63, 3.8) is 0 Å². The zero-order chi connectivity index (χ0) is 14.7. The van der Waals surface area contributed by atoms with Gasteiger partial charge in [-0.3, -0.25) is 0 Å². The maximum absolute atomic E-state index is 5.65. The molecule has 0 fully saturated rings. The third-order valence-corrected chi connectivity index (χ3v) is 2.97. The summed E-state index contributed by atoms with van der Waals surface area (Å²) in [7, 11) is 0. The van der Waals surface area contributed by atoms with Crippen molar-refractivity contribution in [2.45, 2.75) is 6.54 Å². The highest BCUT2D eigenvalue weighted by Crippen LogP contribution is 2.16. The Kier molecular flexibility index (Phi) is 3.38. The molecule has 0 atom stereocenters. The van der Waals surface area contributed by atoms with Crippen LogP contribution in [0.4, 0.5) is 17.6 Å². The van der Waals surface area contributed by atoms with Crippen LogP contribution in [0.3, 0.4) is 0 Å². The molecule has 7 heteroatoms. The summed E-state index contributed by atoms with van der Waals surface area (Å²) in [6, 6.07) is 11.5. The average molecular weight is 281 g/mol. The fraction of sp³-hybridized carbons (Fsp3) is 0.0714. The number of nitrogens with one attached hydrogen (secondary N) is 1. The molecule has 0 aliphatic heterocycles. The van der Waals surface area contributed by atoms with Gasteiger partial charge >= 0.3 is 0 Å². The maximum atomic E-state index is 5.65.